The second kappa shape index (κ2) is 8.32. The molecule has 0 saturated carbocycles. The number of anilines is 2. The molecule has 1 amide bonds. The number of nitrogens with zero attached hydrogens (tertiary/aromatic N) is 6. The largest absolute Gasteiger partial charge is 0.453 e. The molecule has 1 aromatic carbocycles. The molecule has 0 fully saturated rings. The molecule has 9 nitrogen and oxygen atoms in total. The molecular formula is C22H15F7N8O. The molecule has 1 aliphatic rings. The number of aromatic nitrogens is 6. The number of halogens is 7. The maximum Gasteiger partial charge on any atom is 0.453 e. The summed E-state index contributed by atoms with van der Waals surface area (Å²) in [5.74, 6) is -8.45. The molecule has 198 valence electrons. The van der Waals surface area contributed by atoms with Crippen LogP contribution in [0.3, 0.4) is 0 Å². The van der Waals surface area contributed by atoms with Crippen molar-refractivity contribution >= 4 is 23.2 Å². The Kier molecular flexibility index (Phi) is 5.54. The van der Waals surface area contributed by atoms with E-state index in [9.17, 15) is 35.5 Å². The third-order valence-corrected chi connectivity index (χ3v) is 6.27. The van der Waals surface area contributed by atoms with Crippen LogP contribution in [0.4, 0.5) is 42.4 Å². The summed E-state index contributed by atoms with van der Waals surface area (Å²) < 4.78 is 93.6. The summed E-state index contributed by atoms with van der Waals surface area (Å²) in [6, 6.07) is 2.91. The molecule has 1 aliphatic heterocycles. The Morgan fingerprint density at radius 2 is 1.82 bits per heavy atom. The molecule has 4 aromatic rings. The number of aryl methyl sites for hydroxylation is 1. The number of nitrogen functional groups attached to an aromatic ring is 1. The smallest absolute Gasteiger partial charge is 0.383 e. The quantitative estimate of drug-likeness (QED) is 0.369. The first-order valence-electron chi connectivity index (χ1n) is 10.8. The summed E-state index contributed by atoms with van der Waals surface area (Å²) in [5.41, 5.74) is 4.30. The fourth-order valence-electron chi connectivity index (χ4n) is 4.19. The molecule has 3 aromatic heterocycles. The number of rotatable bonds is 5. The van der Waals surface area contributed by atoms with Crippen LogP contribution < -0.4 is 11.1 Å². The van der Waals surface area contributed by atoms with Crippen LogP contribution in [-0.4, -0.2) is 47.6 Å². The van der Waals surface area contributed by atoms with E-state index in [-0.39, 0.29) is 45.6 Å². The number of carbonyl (C=O) groups is 1. The monoisotopic (exact) mass is 540 g/mol. The van der Waals surface area contributed by atoms with Crippen molar-refractivity contribution in [1.29, 1.82) is 0 Å². The first-order valence-corrected chi connectivity index (χ1v) is 10.8. The number of hydrogen-bond donors (Lipinski definition) is 2. The minimum absolute atomic E-state index is 0.0555. The Hall–Kier alpha value is -4.37. The van der Waals surface area contributed by atoms with Gasteiger partial charge in [0.05, 0.1) is 17.5 Å². The highest BCUT2D eigenvalue weighted by molar-refractivity contribution is 6.09. The van der Waals surface area contributed by atoms with Crippen molar-refractivity contribution in [2.24, 2.45) is 0 Å². The van der Waals surface area contributed by atoms with E-state index in [2.05, 4.69) is 30.4 Å². The lowest BCUT2D eigenvalue weighted by atomic mass is 9.77. The molecule has 3 N–H and O–H groups in total. The van der Waals surface area contributed by atoms with Crippen LogP contribution in [0.25, 0.3) is 17.2 Å². The van der Waals surface area contributed by atoms with Gasteiger partial charge in [0.25, 0.3) is 0 Å². The van der Waals surface area contributed by atoms with Crippen LogP contribution >= 0.6 is 0 Å². The topological polar surface area (TPSA) is 124 Å². The standard InChI is InChI=1S/C22H15F7N8O/c1-20(9-2-3-10(23)11(24)6-9)14-15(30)34-16(35-17(14)36-19(20)38)13-7-37-18(31-8-32-37)12(33-13)4-5-21(25,26)22(27,28)29/h2-3,6-8H,4-5H2,1H3,(H3,30,34,35,36,38). The van der Waals surface area contributed by atoms with Gasteiger partial charge in [-0.1, -0.05) is 6.07 Å². The summed E-state index contributed by atoms with van der Waals surface area (Å²) in [4.78, 5) is 29.3. The van der Waals surface area contributed by atoms with E-state index in [1.807, 2.05) is 0 Å². The zero-order chi connectivity index (χ0) is 27.6. The SMILES string of the molecule is CC1(c2ccc(F)c(F)c2)C(=O)Nc2nc(-c3cn4ncnc4c(CCC(F)(F)C(F)(F)F)n3)nc(N)c21. The van der Waals surface area contributed by atoms with Gasteiger partial charge in [-0.15, -0.1) is 0 Å². The Balaban J connectivity index is 1.57. The van der Waals surface area contributed by atoms with Gasteiger partial charge in [-0.3, -0.25) is 4.79 Å². The van der Waals surface area contributed by atoms with Gasteiger partial charge in [0.15, 0.2) is 23.1 Å². The fourth-order valence-corrected chi connectivity index (χ4v) is 4.19. The number of amides is 1. The zero-order valence-electron chi connectivity index (χ0n) is 19.1. The summed E-state index contributed by atoms with van der Waals surface area (Å²) in [6.07, 6.45) is -5.85. The normalized spacial score (nSPS) is 17.6. The van der Waals surface area contributed by atoms with Crippen LogP contribution in [0.15, 0.2) is 30.7 Å². The second-order valence-electron chi connectivity index (χ2n) is 8.67. The molecule has 1 unspecified atom stereocenters. The lowest BCUT2D eigenvalue weighted by Gasteiger charge is -2.23. The number of carbonyl (C=O) groups excluding carboxylic acids is 1. The number of hydrogen-bond acceptors (Lipinski definition) is 7. The highest BCUT2D eigenvalue weighted by atomic mass is 19.4. The first kappa shape index (κ1) is 25.3. The summed E-state index contributed by atoms with van der Waals surface area (Å²) in [7, 11) is 0. The number of alkyl halides is 5. The van der Waals surface area contributed by atoms with Crippen LogP contribution in [0, 0.1) is 11.6 Å². The van der Waals surface area contributed by atoms with E-state index < -0.39 is 47.9 Å². The average Bonchev–Trinajstić information content (AvgIpc) is 3.41. The number of fused-ring (bicyclic) bond motifs is 2. The molecule has 0 bridgehead atoms. The van der Waals surface area contributed by atoms with Gasteiger partial charge in [0, 0.05) is 6.42 Å². The molecular weight excluding hydrogens is 525 g/mol. The molecule has 1 atom stereocenters. The van der Waals surface area contributed by atoms with Crippen molar-refractivity contribution in [3.63, 3.8) is 0 Å². The van der Waals surface area contributed by atoms with Gasteiger partial charge in [-0.25, -0.2) is 33.2 Å². The van der Waals surface area contributed by atoms with Crippen molar-refractivity contribution in [1.82, 2.24) is 29.5 Å². The summed E-state index contributed by atoms with van der Waals surface area (Å²) in [6.45, 7) is 1.42. The highest BCUT2D eigenvalue weighted by Crippen LogP contribution is 2.45. The summed E-state index contributed by atoms with van der Waals surface area (Å²) >= 11 is 0. The fraction of sp³-hybridized carbons (Fsp3) is 0.273. The van der Waals surface area contributed by atoms with E-state index >= 15 is 0 Å². The van der Waals surface area contributed by atoms with Gasteiger partial charge in [0.2, 0.25) is 5.91 Å². The predicted molar refractivity (Wildman–Crippen MR) is 117 cm³/mol. The predicted octanol–water partition coefficient (Wildman–Crippen LogP) is 3.83. The van der Waals surface area contributed by atoms with Crippen LogP contribution in [0.2, 0.25) is 0 Å². The number of benzene rings is 1. The summed E-state index contributed by atoms with van der Waals surface area (Å²) in [5, 5.41) is 6.38. The minimum atomic E-state index is -5.75. The highest BCUT2D eigenvalue weighted by Gasteiger charge is 2.56. The third kappa shape index (κ3) is 3.86. The average molecular weight is 540 g/mol. The maximum absolute atomic E-state index is 13.9. The maximum atomic E-state index is 13.9. The van der Waals surface area contributed by atoms with Crippen molar-refractivity contribution in [3.05, 3.63) is 59.2 Å². The molecule has 38 heavy (non-hydrogen) atoms. The Morgan fingerprint density at radius 3 is 2.50 bits per heavy atom. The molecule has 0 aliphatic carbocycles. The van der Waals surface area contributed by atoms with Crippen LogP contribution in [0.1, 0.15) is 30.2 Å². The lowest BCUT2D eigenvalue weighted by molar-refractivity contribution is -0.284. The van der Waals surface area contributed by atoms with E-state index in [1.54, 1.807) is 0 Å². The molecule has 5 rings (SSSR count). The van der Waals surface area contributed by atoms with E-state index in [4.69, 9.17) is 5.73 Å². The van der Waals surface area contributed by atoms with Crippen LogP contribution in [0.5, 0.6) is 0 Å². The Bertz CT molecular complexity index is 1600. The second-order valence-corrected chi connectivity index (χ2v) is 8.67. The van der Waals surface area contributed by atoms with E-state index in [1.165, 1.54) is 19.2 Å². The third-order valence-electron chi connectivity index (χ3n) is 6.27. The molecule has 16 heteroatoms. The minimum Gasteiger partial charge on any atom is -0.383 e. The molecule has 0 radical (unpaired) electrons. The van der Waals surface area contributed by atoms with Crippen molar-refractivity contribution in [3.8, 4) is 11.5 Å². The lowest BCUT2D eigenvalue weighted by Crippen LogP contribution is -2.36. The Morgan fingerprint density at radius 1 is 1.08 bits per heavy atom. The molecule has 0 spiro atoms. The van der Waals surface area contributed by atoms with Gasteiger partial charge >= 0.3 is 12.1 Å². The molecule has 0 saturated heterocycles. The van der Waals surface area contributed by atoms with Gasteiger partial charge < -0.3 is 11.1 Å². The van der Waals surface area contributed by atoms with E-state index in [0.717, 1.165) is 23.0 Å². The number of nitrogens with two attached hydrogens (primary N) is 1. The van der Waals surface area contributed by atoms with Crippen molar-refractivity contribution < 1.29 is 35.5 Å². The molecule has 4 heterocycles. The van der Waals surface area contributed by atoms with Crippen molar-refractivity contribution in [2.45, 2.75) is 37.3 Å². The van der Waals surface area contributed by atoms with Crippen molar-refractivity contribution in [2.75, 3.05) is 11.1 Å². The van der Waals surface area contributed by atoms with Gasteiger partial charge in [-0.2, -0.15) is 27.1 Å². The first-order chi connectivity index (χ1) is 17.7. The van der Waals surface area contributed by atoms with Crippen LogP contribution in [-0.2, 0) is 16.6 Å². The zero-order valence-corrected chi connectivity index (χ0v) is 19.1. The van der Waals surface area contributed by atoms with E-state index in [0.29, 0.717) is 0 Å². The van der Waals surface area contributed by atoms with Gasteiger partial charge in [-0.05, 0) is 31.0 Å². The number of nitrogens with one attached hydrogen (secondary N) is 1. The Labute approximate surface area is 207 Å². The van der Waals surface area contributed by atoms with Gasteiger partial charge in [0.1, 0.15) is 29.1 Å².